The van der Waals surface area contributed by atoms with Gasteiger partial charge in [-0.1, -0.05) is 6.92 Å². The predicted octanol–water partition coefficient (Wildman–Crippen LogP) is 1.39. The van der Waals surface area contributed by atoms with E-state index in [1.54, 1.807) is 27.7 Å². The van der Waals surface area contributed by atoms with E-state index in [9.17, 15) is 21.6 Å². The highest BCUT2D eigenvalue weighted by Crippen LogP contribution is 2.20. The van der Waals surface area contributed by atoms with Crippen LogP contribution in [-0.2, 0) is 29.4 Å². The molecule has 0 N–H and O–H groups in total. The summed E-state index contributed by atoms with van der Waals surface area (Å²) in [5.74, 6) is -0.352. The molecule has 0 unspecified atom stereocenters. The fourth-order valence-electron chi connectivity index (χ4n) is 2.40. The lowest BCUT2D eigenvalue weighted by atomic mass is 10.2. The lowest BCUT2D eigenvalue weighted by Crippen LogP contribution is -2.41. The van der Waals surface area contributed by atoms with Gasteiger partial charge in [0.25, 0.3) is 0 Å². The Morgan fingerprint density at radius 2 is 1.58 bits per heavy atom. The first-order valence-electron chi connectivity index (χ1n) is 9.96. The highest BCUT2D eigenvalue weighted by Gasteiger charge is 2.29. The molecular formula is C20H34N2O7S2. The van der Waals surface area contributed by atoms with Gasteiger partial charge >= 0.3 is 5.97 Å². The normalized spacial score (nSPS) is 12.9. The minimum atomic E-state index is -3.96. The van der Waals surface area contributed by atoms with E-state index in [1.165, 1.54) is 24.3 Å². The second kappa shape index (κ2) is 11.3. The number of esters is 1. The summed E-state index contributed by atoms with van der Waals surface area (Å²) < 4.78 is 61.1. The summed E-state index contributed by atoms with van der Waals surface area (Å²) in [5, 5.41) is 0. The standard InChI is InChI=1S/C20H34N2O7S2/c1-7-30(24,25)15-14-28-17-8-10-18(11-9-17)31(26,27)22(13-12-21(5)6)16-19(23)29-20(2,3)4/h8-11H,7,12-16H2,1-6H3. The molecule has 0 spiro atoms. The molecule has 0 aliphatic carbocycles. The quantitative estimate of drug-likeness (QED) is 0.415. The minimum absolute atomic E-state index is 0.00310. The number of sulfone groups is 1. The Bertz CT molecular complexity index is 919. The third-order valence-corrected chi connectivity index (χ3v) is 7.61. The van der Waals surface area contributed by atoms with Gasteiger partial charge in [-0.15, -0.1) is 0 Å². The monoisotopic (exact) mass is 478 g/mol. The average molecular weight is 479 g/mol. The number of rotatable bonds is 12. The minimum Gasteiger partial charge on any atom is -0.493 e. The van der Waals surface area contributed by atoms with Crippen LogP contribution in [-0.4, -0.2) is 89.5 Å². The van der Waals surface area contributed by atoms with Crippen LogP contribution in [0.1, 0.15) is 27.7 Å². The van der Waals surface area contributed by atoms with Crippen molar-refractivity contribution in [2.24, 2.45) is 0 Å². The maximum atomic E-state index is 13.1. The molecule has 0 heterocycles. The first-order chi connectivity index (χ1) is 14.2. The van der Waals surface area contributed by atoms with Gasteiger partial charge in [0.05, 0.1) is 10.6 Å². The van der Waals surface area contributed by atoms with Crippen molar-refractivity contribution in [3.8, 4) is 5.75 Å². The second-order valence-corrected chi connectivity index (χ2v) is 12.7. The van der Waals surface area contributed by atoms with Crippen LogP contribution >= 0.6 is 0 Å². The summed E-state index contributed by atoms with van der Waals surface area (Å²) in [5.41, 5.74) is -0.724. The van der Waals surface area contributed by atoms with Crippen LogP contribution in [0.3, 0.4) is 0 Å². The van der Waals surface area contributed by atoms with Gasteiger partial charge in [0.2, 0.25) is 10.0 Å². The molecule has 0 amide bonds. The smallest absolute Gasteiger partial charge is 0.321 e. The fourth-order valence-corrected chi connectivity index (χ4v) is 4.40. The number of hydrogen-bond acceptors (Lipinski definition) is 8. The van der Waals surface area contributed by atoms with E-state index in [0.717, 1.165) is 4.31 Å². The molecule has 0 radical (unpaired) electrons. The molecule has 0 atom stereocenters. The number of sulfonamides is 1. The van der Waals surface area contributed by atoms with Crippen LogP contribution in [0.5, 0.6) is 5.75 Å². The molecule has 0 aliphatic heterocycles. The SMILES string of the molecule is CCS(=O)(=O)CCOc1ccc(S(=O)(=O)N(CCN(C)C)CC(=O)OC(C)(C)C)cc1. The van der Waals surface area contributed by atoms with E-state index in [2.05, 4.69) is 0 Å². The number of likely N-dealkylation sites (N-methyl/N-ethyl adjacent to an activating group) is 1. The van der Waals surface area contributed by atoms with Crippen molar-refractivity contribution in [3.05, 3.63) is 24.3 Å². The number of carbonyl (C=O) groups is 1. The van der Waals surface area contributed by atoms with Crippen LogP contribution in [0.15, 0.2) is 29.2 Å². The van der Waals surface area contributed by atoms with E-state index >= 15 is 0 Å². The Morgan fingerprint density at radius 1 is 1.00 bits per heavy atom. The third-order valence-electron chi connectivity index (χ3n) is 4.09. The summed E-state index contributed by atoms with van der Waals surface area (Å²) in [6.45, 7) is 6.83. The second-order valence-electron chi connectivity index (χ2n) is 8.28. The molecule has 1 aromatic rings. The van der Waals surface area contributed by atoms with Gasteiger partial charge in [-0.05, 0) is 59.1 Å². The molecule has 0 fully saturated rings. The van der Waals surface area contributed by atoms with Crippen molar-refractivity contribution in [3.63, 3.8) is 0 Å². The van der Waals surface area contributed by atoms with Gasteiger partial charge in [0.15, 0.2) is 9.84 Å². The zero-order valence-corrected chi connectivity index (χ0v) is 20.8. The molecular weight excluding hydrogens is 444 g/mol. The number of carbonyl (C=O) groups excluding carboxylic acids is 1. The van der Waals surface area contributed by atoms with Crippen LogP contribution in [0, 0.1) is 0 Å². The largest absolute Gasteiger partial charge is 0.493 e. The molecule has 0 saturated heterocycles. The molecule has 0 aliphatic rings. The number of ether oxygens (including phenoxy) is 2. The Morgan fingerprint density at radius 3 is 2.06 bits per heavy atom. The maximum Gasteiger partial charge on any atom is 0.321 e. The topological polar surface area (TPSA) is 110 Å². The number of hydrogen-bond donors (Lipinski definition) is 0. The average Bonchev–Trinajstić information content (AvgIpc) is 2.63. The zero-order chi connectivity index (χ0) is 23.9. The predicted molar refractivity (Wildman–Crippen MR) is 119 cm³/mol. The van der Waals surface area contributed by atoms with Gasteiger partial charge in [0, 0.05) is 18.8 Å². The summed E-state index contributed by atoms with van der Waals surface area (Å²) in [6, 6.07) is 5.67. The zero-order valence-electron chi connectivity index (χ0n) is 19.1. The van der Waals surface area contributed by atoms with E-state index < -0.39 is 38.0 Å². The molecule has 11 heteroatoms. The molecule has 1 aromatic carbocycles. The van der Waals surface area contributed by atoms with Crippen LogP contribution in [0.2, 0.25) is 0 Å². The van der Waals surface area contributed by atoms with Crippen LogP contribution in [0.25, 0.3) is 0 Å². The van der Waals surface area contributed by atoms with E-state index in [0.29, 0.717) is 12.3 Å². The van der Waals surface area contributed by atoms with Crippen LogP contribution in [0.4, 0.5) is 0 Å². The van der Waals surface area contributed by atoms with Gasteiger partial charge in [-0.3, -0.25) is 4.79 Å². The fraction of sp³-hybridized carbons (Fsp3) is 0.650. The van der Waals surface area contributed by atoms with Gasteiger partial charge in [-0.2, -0.15) is 4.31 Å². The summed E-state index contributed by atoms with van der Waals surface area (Å²) in [6.07, 6.45) is 0. The summed E-state index contributed by atoms with van der Waals surface area (Å²) in [7, 11) is -3.49. The van der Waals surface area contributed by atoms with Crippen molar-refractivity contribution in [2.75, 3.05) is 51.8 Å². The van der Waals surface area contributed by atoms with Crippen LogP contribution < -0.4 is 4.74 Å². The van der Waals surface area contributed by atoms with Gasteiger partial charge in [0.1, 0.15) is 24.5 Å². The summed E-state index contributed by atoms with van der Waals surface area (Å²) >= 11 is 0. The first kappa shape index (κ1) is 27.3. The Hall–Kier alpha value is -1.69. The van der Waals surface area contributed by atoms with Crippen molar-refractivity contribution < 1.29 is 31.1 Å². The van der Waals surface area contributed by atoms with Crippen molar-refractivity contribution in [2.45, 2.75) is 38.2 Å². The Labute approximate surface area is 186 Å². The molecule has 9 nitrogen and oxygen atoms in total. The molecule has 178 valence electrons. The lowest BCUT2D eigenvalue weighted by Gasteiger charge is -2.25. The maximum absolute atomic E-state index is 13.1. The lowest BCUT2D eigenvalue weighted by molar-refractivity contribution is -0.155. The number of benzene rings is 1. The van der Waals surface area contributed by atoms with Gasteiger partial charge < -0.3 is 14.4 Å². The highest BCUT2D eigenvalue weighted by molar-refractivity contribution is 7.91. The Kier molecular flexibility index (Phi) is 9.93. The van der Waals surface area contributed by atoms with Crippen molar-refractivity contribution in [1.29, 1.82) is 0 Å². The number of nitrogens with zero attached hydrogens (tertiary/aromatic N) is 2. The van der Waals surface area contributed by atoms with Crippen molar-refractivity contribution in [1.82, 2.24) is 9.21 Å². The van der Waals surface area contributed by atoms with E-state index in [-0.39, 0.29) is 29.6 Å². The first-order valence-corrected chi connectivity index (χ1v) is 13.2. The molecule has 31 heavy (non-hydrogen) atoms. The molecule has 1 rings (SSSR count). The third kappa shape index (κ3) is 9.98. The van der Waals surface area contributed by atoms with E-state index in [4.69, 9.17) is 9.47 Å². The highest BCUT2D eigenvalue weighted by atomic mass is 32.2. The molecule has 0 bridgehead atoms. The van der Waals surface area contributed by atoms with Crippen molar-refractivity contribution >= 4 is 25.8 Å². The molecule has 0 saturated carbocycles. The van der Waals surface area contributed by atoms with E-state index in [1.807, 2.05) is 19.0 Å². The molecule has 0 aromatic heterocycles. The summed E-state index contributed by atoms with van der Waals surface area (Å²) in [4.78, 5) is 14.1. The Balaban J connectivity index is 2.96. The van der Waals surface area contributed by atoms with Gasteiger partial charge in [-0.25, -0.2) is 16.8 Å².